The lowest BCUT2D eigenvalue weighted by Gasteiger charge is -2.48. The lowest BCUT2D eigenvalue weighted by atomic mass is 9.62. The molecule has 0 aromatic rings. The Bertz CT molecular complexity index is 266. The van der Waals surface area contributed by atoms with E-state index in [-0.39, 0.29) is 0 Å². The number of rotatable bonds is 8. The van der Waals surface area contributed by atoms with Crippen molar-refractivity contribution >= 4 is 30.9 Å². The number of hydrogen-bond acceptors (Lipinski definition) is 1. The molecule has 3 heteroatoms. The van der Waals surface area contributed by atoms with E-state index in [9.17, 15) is 0 Å². The minimum absolute atomic E-state index is 0.367. The van der Waals surface area contributed by atoms with Gasteiger partial charge in [-0.25, -0.2) is 0 Å². The van der Waals surface area contributed by atoms with E-state index in [2.05, 4.69) is 59.3 Å². The summed E-state index contributed by atoms with van der Waals surface area (Å²) in [6, 6.07) is 0. The summed E-state index contributed by atoms with van der Waals surface area (Å²) in [7, 11) is -1.45. The van der Waals surface area contributed by atoms with Crippen LogP contribution in [-0.4, -0.2) is 14.4 Å². The van der Waals surface area contributed by atoms with Gasteiger partial charge in [0, 0.05) is 0 Å². The minimum atomic E-state index is -1.45. The fraction of sp³-hybridized carbons (Fsp3) is 0.867. The second kappa shape index (κ2) is 7.43. The Hall–Kier alpha value is 0.647. The van der Waals surface area contributed by atoms with Crippen LogP contribution in [0, 0.1) is 5.41 Å². The van der Waals surface area contributed by atoms with Gasteiger partial charge in [-0.15, -0.1) is 0 Å². The molecular weight excluding hydrogens is 351 g/mol. The molecule has 0 N–H and O–H groups in total. The molecule has 1 aliphatic carbocycles. The van der Waals surface area contributed by atoms with Crippen molar-refractivity contribution in [2.24, 2.45) is 5.41 Å². The molecule has 1 rings (SSSR count). The molecule has 1 atom stereocenters. The zero-order valence-electron chi connectivity index (χ0n) is 12.5. The topological polar surface area (TPSA) is 9.23 Å². The predicted octanol–water partition coefficient (Wildman–Crippen LogP) is 5.91. The third-order valence-electron chi connectivity index (χ3n) is 3.96. The molecule has 0 aromatic heterocycles. The molecule has 106 valence electrons. The summed E-state index contributed by atoms with van der Waals surface area (Å²) in [5, 5.41) is 0. The summed E-state index contributed by atoms with van der Waals surface area (Å²) >= 11 is 2.33. The molecule has 0 bridgehead atoms. The average Bonchev–Trinajstić information content (AvgIpc) is 2.19. The van der Waals surface area contributed by atoms with Crippen molar-refractivity contribution < 1.29 is 4.43 Å². The van der Waals surface area contributed by atoms with E-state index < -0.39 is 8.32 Å². The molecule has 1 fully saturated rings. The SMILES string of the molecule is CCCCCC1(C(C=CI)O[Si](C)(C)C)CCC1. The molecule has 0 saturated heterocycles. The summed E-state index contributed by atoms with van der Waals surface area (Å²) in [6.07, 6.45) is 12.2. The zero-order valence-corrected chi connectivity index (χ0v) is 15.6. The molecule has 18 heavy (non-hydrogen) atoms. The highest BCUT2D eigenvalue weighted by Gasteiger charge is 2.44. The molecule has 0 amide bonds. The van der Waals surface area contributed by atoms with Crippen molar-refractivity contribution in [2.45, 2.75) is 77.6 Å². The van der Waals surface area contributed by atoms with E-state index in [0.717, 1.165) is 0 Å². The fourth-order valence-electron chi connectivity index (χ4n) is 2.85. The van der Waals surface area contributed by atoms with Gasteiger partial charge >= 0.3 is 0 Å². The van der Waals surface area contributed by atoms with Gasteiger partial charge in [-0.3, -0.25) is 0 Å². The van der Waals surface area contributed by atoms with Gasteiger partial charge in [0.2, 0.25) is 0 Å². The molecule has 0 radical (unpaired) electrons. The van der Waals surface area contributed by atoms with E-state index in [4.69, 9.17) is 4.43 Å². The third kappa shape index (κ3) is 4.97. The molecule has 1 nitrogen and oxygen atoms in total. The second-order valence-electron chi connectivity index (χ2n) is 6.64. The van der Waals surface area contributed by atoms with Crippen LogP contribution in [-0.2, 0) is 4.43 Å². The molecule has 0 spiro atoms. The van der Waals surface area contributed by atoms with Crippen LogP contribution in [0.25, 0.3) is 0 Å². The van der Waals surface area contributed by atoms with E-state index in [0.29, 0.717) is 11.5 Å². The van der Waals surface area contributed by atoms with Crippen LogP contribution in [0.1, 0.15) is 51.9 Å². The molecule has 0 aliphatic heterocycles. The quantitative estimate of drug-likeness (QED) is 0.289. The molecule has 1 aliphatic rings. The van der Waals surface area contributed by atoms with E-state index >= 15 is 0 Å². The smallest absolute Gasteiger partial charge is 0.184 e. The van der Waals surface area contributed by atoms with Crippen molar-refractivity contribution in [3.63, 3.8) is 0 Å². The van der Waals surface area contributed by atoms with Gasteiger partial charge in [0.05, 0.1) is 6.10 Å². The Labute approximate surface area is 128 Å². The van der Waals surface area contributed by atoms with Crippen LogP contribution < -0.4 is 0 Å². The first kappa shape index (κ1) is 16.7. The van der Waals surface area contributed by atoms with Crippen LogP contribution in [0.2, 0.25) is 19.6 Å². The predicted molar refractivity (Wildman–Crippen MR) is 91.8 cm³/mol. The second-order valence-corrected chi connectivity index (χ2v) is 11.8. The number of unbranched alkanes of at least 4 members (excludes halogenated alkanes) is 2. The van der Waals surface area contributed by atoms with Crippen molar-refractivity contribution in [2.75, 3.05) is 0 Å². The third-order valence-corrected chi connectivity index (χ3v) is 5.34. The zero-order chi connectivity index (χ0) is 13.6. The van der Waals surface area contributed by atoms with Crippen LogP contribution in [0.3, 0.4) is 0 Å². The first-order valence-electron chi connectivity index (χ1n) is 7.38. The summed E-state index contributed by atoms with van der Waals surface area (Å²) in [4.78, 5) is 0. The van der Waals surface area contributed by atoms with Crippen LogP contribution in [0.5, 0.6) is 0 Å². The molecular formula is C15H29IOSi. The van der Waals surface area contributed by atoms with Crippen LogP contribution in [0.15, 0.2) is 10.2 Å². The Morgan fingerprint density at radius 2 is 1.94 bits per heavy atom. The summed E-state index contributed by atoms with van der Waals surface area (Å²) < 4.78 is 8.62. The fourth-order valence-corrected chi connectivity index (χ4v) is 4.32. The average molecular weight is 380 g/mol. The van der Waals surface area contributed by atoms with Gasteiger partial charge in [0.15, 0.2) is 8.32 Å². The highest BCUT2D eigenvalue weighted by Crippen LogP contribution is 2.50. The van der Waals surface area contributed by atoms with Gasteiger partial charge in [-0.1, -0.05) is 61.3 Å². The van der Waals surface area contributed by atoms with Gasteiger partial charge in [-0.05, 0) is 48.4 Å². The standard InChI is InChI=1S/C15H29IOSi/c1-5-6-7-10-15(11-8-12-15)14(9-13-16)17-18(2,3)4/h9,13-14H,5-8,10-12H2,1-4H3. The van der Waals surface area contributed by atoms with E-state index in [1.54, 1.807) is 0 Å². The first-order valence-corrected chi connectivity index (χ1v) is 12.0. The van der Waals surface area contributed by atoms with Crippen molar-refractivity contribution in [3.8, 4) is 0 Å². The monoisotopic (exact) mass is 380 g/mol. The lowest BCUT2D eigenvalue weighted by Crippen LogP contribution is -2.46. The maximum absolute atomic E-state index is 6.46. The molecule has 1 unspecified atom stereocenters. The largest absolute Gasteiger partial charge is 0.411 e. The van der Waals surface area contributed by atoms with Gasteiger partial charge in [-0.2, -0.15) is 0 Å². The lowest BCUT2D eigenvalue weighted by molar-refractivity contribution is -0.00359. The normalized spacial score (nSPS) is 20.9. The maximum Gasteiger partial charge on any atom is 0.184 e. The molecule has 1 saturated carbocycles. The first-order chi connectivity index (χ1) is 8.43. The molecule has 0 heterocycles. The van der Waals surface area contributed by atoms with Crippen LogP contribution >= 0.6 is 22.6 Å². The summed E-state index contributed by atoms with van der Waals surface area (Å²) in [5.74, 6) is 0. The van der Waals surface area contributed by atoms with Crippen molar-refractivity contribution in [1.29, 1.82) is 0 Å². The van der Waals surface area contributed by atoms with Crippen molar-refractivity contribution in [3.05, 3.63) is 10.2 Å². The summed E-state index contributed by atoms with van der Waals surface area (Å²) in [5.41, 5.74) is 0.469. The number of halogens is 1. The Morgan fingerprint density at radius 3 is 2.33 bits per heavy atom. The highest BCUT2D eigenvalue weighted by molar-refractivity contribution is 14.1. The van der Waals surface area contributed by atoms with E-state index in [1.807, 2.05) is 0 Å². The van der Waals surface area contributed by atoms with Crippen LogP contribution in [0.4, 0.5) is 0 Å². The van der Waals surface area contributed by atoms with E-state index in [1.165, 1.54) is 44.9 Å². The minimum Gasteiger partial charge on any atom is -0.411 e. The Balaban J connectivity index is 2.67. The highest BCUT2D eigenvalue weighted by atomic mass is 127. The molecule has 0 aromatic carbocycles. The Morgan fingerprint density at radius 1 is 1.28 bits per heavy atom. The maximum atomic E-state index is 6.46. The summed E-state index contributed by atoms with van der Waals surface area (Å²) in [6.45, 7) is 9.20. The van der Waals surface area contributed by atoms with Gasteiger partial charge in [0.1, 0.15) is 0 Å². The van der Waals surface area contributed by atoms with Crippen molar-refractivity contribution in [1.82, 2.24) is 0 Å². The Kier molecular flexibility index (Phi) is 6.90. The van der Waals surface area contributed by atoms with Gasteiger partial charge in [0.25, 0.3) is 0 Å². The number of hydrogen-bond donors (Lipinski definition) is 0. The van der Waals surface area contributed by atoms with Gasteiger partial charge < -0.3 is 4.43 Å².